The van der Waals surface area contributed by atoms with Crippen molar-refractivity contribution in [2.45, 2.75) is 18.6 Å². The number of aliphatic hydroxyl groups excluding tert-OH is 1. The summed E-state index contributed by atoms with van der Waals surface area (Å²) in [5.74, 6) is -2.51. The van der Waals surface area contributed by atoms with Crippen LogP contribution >= 0.6 is 0 Å². The zero-order chi connectivity index (χ0) is 13.3. The molecule has 1 aromatic rings. The molecule has 96 valence electrons. The van der Waals surface area contributed by atoms with Crippen LogP contribution < -0.4 is 0 Å². The van der Waals surface area contributed by atoms with E-state index in [9.17, 15) is 19.1 Å². The van der Waals surface area contributed by atoms with Gasteiger partial charge in [0.2, 0.25) is 0 Å². The molecule has 1 saturated heterocycles. The van der Waals surface area contributed by atoms with Crippen molar-refractivity contribution in [1.29, 1.82) is 0 Å². The molecule has 0 unspecified atom stereocenters. The van der Waals surface area contributed by atoms with E-state index in [-0.39, 0.29) is 18.5 Å². The molecule has 2 atom stereocenters. The van der Waals surface area contributed by atoms with Crippen molar-refractivity contribution in [3.63, 3.8) is 0 Å². The molecule has 2 N–H and O–H groups in total. The zero-order valence-electron chi connectivity index (χ0n) is 9.28. The van der Waals surface area contributed by atoms with Crippen molar-refractivity contribution in [2.75, 3.05) is 6.54 Å². The Morgan fingerprint density at radius 2 is 2.17 bits per heavy atom. The number of carboxylic acids is 1. The molecular formula is C11H11FN2O4. The second kappa shape index (κ2) is 4.69. The van der Waals surface area contributed by atoms with Gasteiger partial charge in [0.25, 0.3) is 5.91 Å². The van der Waals surface area contributed by atoms with E-state index in [1.54, 1.807) is 0 Å². The Balaban J connectivity index is 2.25. The summed E-state index contributed by atoms with van der Waals surface area (Å²) in [6.07, 6.45) is 1.21. The third-order valence-electron chi connectivity index (χ3n) is 2.78. The SMILES string of the molecule is O=C(O)[C@@H]1C[C@H](O)CN1C(=O)c1cncc(F)c1. The first kappa shape index (κ1) is 12.4. The summed E-state index contributed by atoms with van der Waals surface area (Å²) < 4.78 is 12.9. The van der Waals surface area contributed by atoms with Crippen molar-refractivity contribution in [2.24, 2.45) is 0 Å². The molecule has 0 saturated carbocycles. The molecule has 1 aromatic heterocycles. The number of aliphatic carboxylic acids is 1. The van der Waals surface area contributed by atoms with Gasteiger partial charge in [-0.25, -0.2) is 9.18 Å². The van der Waals surface area contributed by atoms with Gasteiger partial charge >= 0.3 is 5.97 Å². The lowest BCUT2D eigenvalue weighted by atomic mass is 10.2. The van der Waals surface area contributed by atoms with Crippen molar-refractivity contribution in [3.8, 4) is 0 Å². The summed E-state index contributed by atoms with van der Waals surface area (Å²) in [6.45, 7) is -0.0771. The molecule has 1 aliphatic rings. The molecule has 18 heavy (non-hydrogen) atoms. The summed E-state index contributed by atoms with van der Waals surface area (Å²) in [6, 6.07) is -0.102. The number of carboxylic acid groups (broad SMARTS) is 1. The van der Waals surface area contributed by atoms with Gasteiger partial charge in [-0.15, -0.1) is 0 Å². The summed E-state index contributed by atoms with van der Waals surface area (Å²) in [7, 11) is 0. The predicted molar refractivity (Wildman–Crippen MR) is 57.3 cm³/mol. The number of aromatic nitrogens is 1. The number of hydrogen-bond acceptors (Lipinski definition) is 4. The van der Waals surface area contributed by atoms with E-state index >= 15 is 0 Å². The van der Waals surface area contributed by atoms with Gasteiger partial charge in [0.1, 0.15) is 11.9 Å². The summed E-state index contributed by atoms with van der Waals surface area (Å²) in [4.78, 5) is 27.5. The number of carbonyl (C=O) groups is 2. The number of hydrogen-bond donors (Lipinski definition) is 2. The Morgan fingerprint density at radius 3 is 2.78 bits per heavy atom. The van der Waals surface area contributed by atoms with E-state index < -0.39 is 29.8 Å². The number of nitrogens with zero attached hydrogens (tertiary/aromatic N) is 2. The van der Waals surface area contributed by atoms with Crippen LogP contribution in [-0.4, -0.2) is 50.7 Å². The molecule has 2 heterocycles. The summed E-state index contributed by atoms with van der Waals surface area (Å²) in [5, 5.41) is 18.4. The first-order chi connectivity index (χ1) is 8.49. The Kier molecular flexibility index (Phi) is 3.24. The van der Waals surface area contributed by atoms with Crippen LogP contribution in [0.2, 0.25) is 0 Å². The third-order valence-corrected chi connectivity index (χ3v) is 2.78. The minimum absolute atomic E-state index is 0.0240. The molecule has 1 amide bonds. The molecule has 6 nitrogen and oxygen atoms in total. The van der Waals surface area contributed by atoms with Gasteiger partial charge in [-0.1, -0.05) is 0 Å². The summed E-state index contributed by atoms with van der Waals surface area (Å²) in [5.41, 5.74) is -0.0321. The Morgan fingerprint density at radius 1 is 1.44 bits per heavy atom. The van der Waals surface area contributed by atoms with Crippen molar-refractivity contribution in [1.82, 2.24) is 9.88 Å². The van der Waals surface area contributed by atoms with Crippen LogP contribution in [0.3, 0.4) is 0 Å². The van der Waals surface area contributed by atoms with Crippen LogP contribution in [-0.2, 0) is 4.79 Å². The molecule has 7 heteroatoms. The first-order valence-corrected chi connectivity index (χ1v) is 5.31. The quantitative estimate of drug-likeness (QED) is 0.767. The number of amides is 1. The maximum absolute atomic E-state index is 12.9. The molecule has 0 aliphatic carbocycles. The Hall–Kier alpha value is -2.02. The highest BCUT2D eigenvalue weighted by Crippen LogP contribution is 2.20. The lowest BCUT2D eigenvalue weighted by Gasteiger charge is -2.20. The number of carbonyl (C=O) groups excluding carboxylic acids is 1. The van der Waals surface area contributed by atoms with Gasteiger partial charge in [-0.3, -0.25) is 9.78 Å². The van der Waals surface area contributed by atoms with Gasteiger partial charge in [-0.2, -0.15) is 0 Å². The van der Waals surface area contributed by atoms with Crippen LogP contribution in [0, 0.1) is 5.82 Å². The van der Waals surface area contributed by atoms with E-state index in [2.05, 4.69) is 4.98 Å². The highest BCUT2D eigenvalue weighted by Gasteiger charge is 2.39. The number of pyridine rings is 1. The van der Waals surface area contributed by atoms with Crippen LogP contribution in [0.4, 0.5) is 4.39 Å². The Labute approximate surface area is 102 Å². The number of halogens is 1. The van der Waals surface area contributed by atoms with E-state index in [1.165, 1.54) is 0 Å². The number of likely N-dealkylation sites (tertiary alicyclic amines) is 1. The number of rotatable bonds is 2. The Bertz CT molecular complexity index is 494. The molecule has 1 aliphatic heterocycles. The maximum Gasteiger partial charge on any atom is 0.326 e. The predicted octanol–water partition coefficient (Wildman–Crippen LogP) is -0.119. The zero-order valence-corrected chi connectivity index (χ0v) is 9.28. The van der Waals surface area contributed by atoms with Crippen molar-refractivity contribution < 1.29 is 24.2 Å². The van der Waals surface area contributed by atoms with E-state index in [0.717, 1.165) is 23.4 Å². The highest BCUT2D eigenvalue weighted by molar-refractivity contribution is 5.96. The van der Waals surface area contributed by atoms with Crippen LogP contribution in [0.25, 0.3) is 0 Å². The second-order valence-corrected chi connectivity index (χ2v) is 4.09. The minimum atomic E-state index is -1.19. The molecule has 0 spiro atoms. The van der Waals surface area contributed by atoms with Crippen molar-refractivity contribution >= 4 is 11.9 Å². The van der Waals surface area contributed by atoms with E-state index in [1.807, 2.05) is 0 Å². The molecule has 0 radical (unpaired) electrons. The molecule has 2 rings (SSSR count). The van der Waals surface area contributed by atoms with Crippen LogP contribution in [0.15, 0.2) is 18.5 Å². The first-order valence-electron chi connectivity index (χ1n) is 5.31. The van der Waals surface area contributed by atoms with E-state index in [4.69, 9.17) is 5.11 Å². The molecule has 0 aromatic carbocycles. The average molecular weight is 254 g/mol. The fraction of sp³-hybridized carbons (Fsp3) is 0.364. The van der Waals surface area contributed by atoms with Gasteiger partial charge < -0.3 is 15.1 Å². The molecule has 0 bridgehead atoms. The fourth-order valence-electron chi connectivity index (χ4n) is 1.97. The lowest BCUT2D eigenvalue weighted by Crippen LogP contribution is -2.40. The number of β-amino-alcohol motifs (C(OH)–C–C–N with tert-alkyl or cyclic N) is 1. The third kappa shape index (κ3) is 2.30. The topological polar surface area (TPSA) is 90.7 Å². The van der Waals surface area contributed by atoms with Gasteiger partial charge in [0.15, 0.2) is 0 Å². The standard InChI is InChI=1S/C11H11FN2O4/c12-7-1-6(3-13-4-7)10(16)14-5-8(15)2-9(14)11(17)18/h1,3-4,8-9,15H,2,5H2,(H,17,18)/t8-,9-/m0/s1. The fourth-order valence-corrected chi connectivity index (χ4v) is 1.97. The van der Waals surface area contributed by atoms with Crippen LogP contribution in [0.5, 0.6) is 0 Å². The number of aliphatic hydroxyl groups is 1. The molecular weight excluding hydrogens is 243 g/mol. The van der Waals surface area contributed by atoms with Crippen LogP contribution in [0.1, 0.15) is 16.8 Å². The van der Waals surface area contributed by atoms with Crippen molar-refractivity contribution in [3.05, 3.63) is 29.8 Å². The van der Waals surface area contributed by atoms with E-state index in [0.29, 0.717) is 0 Å². The van der Waals surface area contributed by atoms with Gasteiger partial charge in [-0.05, 0) is 6.07 Å². The molecule has 1 fully saturated rings. The smallest absolute Gasteiger partial charge is 0.326 e. The monoisotopic (exact) mass is 254 g/mol. The lowest BCUT2D eigenvalue weighted by molar-refractivity contribution is -0.141. The maximum atomic E-state index is 12.9. The largest absolute Gasteiger partial charge is 0.480 e. The average Bonchev–Trinajstić information content (AvgIpc) is 2.70. The second-order valence-electron chi connectivity index (χ2n) is 4.09. The normalized spacial score (nSPS) is 23.1. The minimum Gasteiger partial charge on any atom is -0.480 e. The summed E-state index contributed by atoms with van der Waals surface area (Å²) >= 11 is 0. The van der Waals surface area contributed by atoms with Gasteiger partial charge in [0.05, 0.1) is 17.9 Å². The van der Waals surface area contributed by atoms with Gasteiger partial charge in [0, 0.05) is 19.2 Å². The highest BCUT2D eigenvalue weighted by atomic mass is 19.1.